The van der Waals surface area contributed by atoms with Crippen molar-refractivity contribution in [3.8, 4) is 5.75 Å². The van der Waals surface area contributed by atoms with Crippen molar-refractivity contribution in [3.63, 3.8) is 0 Å². The Balaban J connectivity index is 1.29. The van der Waals surface area contributed by atoms with E-state index in [-0.39, 0.29) is 11.6 Å². The normalized spacial score (nSPS) is 21.4. The van der Waals surface area contributed by atoms with Crippen LogP contribution in [0.2, 0.25) is 0 Å². The number of nitrogens with zero attached hydrogens (tertiary/aromatic N) is 1. The molecule has 5 rings (SSSR count). The Morgan fingerprint density at radius 2 is 1.68 bits per heavy atom. The van der Waals surface area contributed by atoms with Crippen LogP contribution in [-0.2, 0) is 13.1 Å². The van der Waals surface area contributed by atoms with Gasteiger partial charge in [-0.3, -0.25) is 4.90 Å². The smallest absolute Gasteiger partial charge is 0.124 e. The van der Waals surface area contributed by atoms with Crippen LogP contribution in [0.1, 0.15) is 42.4 Å². The first kappa shape index (κ1) is 17.6. The number of ether oxygens (including phenoxy) is 1. The Hall–Kier alpha value is -2.50. The van der Waals surface area contributed by atoms with E-state index >= 15 is 0 Å². The first-order valence-electron chi connectivity index (χ1n) is 10.1. The summed E-state index contributed by atoms with van der Waals surface area (Å²) in [7, 11) is 0. The van der Waals surface area contributed by atoms with Gasteiger partial charge in [-0.2, -0.15) is 0 Å². The average Bonchev–Trinajstić information content (AvgIpc) is 3.42. The SMILES string of the molecule is c1coc(CNC2CC3(CCN(Cc4ccco4)CC3)Oc3ccccc32)c1. The van der Waals surface area contributed by atoms with E-state index in [1.54, 1.807) is 12.5 Å². The molecule has 0 amide bonds. The summed E-state index contributed by atoms with van der Waals surface area (Å²) in [6.45, 7) is 3.65. The van der Waals surface area contributed by atoms with Crippen molar-refractivity contribution in [2.75, 3.05) is 13.1 Å². The summed E-state index contributed by atoms with van der Waals surface area (Å²) in [6, 6.07) is 16.7. The van der Waals surface area contributed by atoms with E-state index < -0.39 is 0 Å². The second-order valence-corrected chi connectivity index (χ2v) is 7.90. The molecule has 1 unspecified atom stereocenters. The molecule has 1 spiro atoms. The van der Waals surface area contributed by atoms with Crippen molar-refractivity contribution in [2.45, 2.75) is 44.0 Å². The molecule has 5 heteroatoms. The van der Waals surface area contributed by atoms with Crippen LogP contribution in [0.15, 0.2) is 69.9 Å². The number of benzene rings is 1. The van der Waals surface area contributed by atoms with Gasteiger partial charge in [0, 0.05) is 31.1 Å². The van der Waals surface area contributed by atoms with Gasteiger partial charge in [0.05, 0.1) is 25.6 Å². The van der Waals surface area contributed by atoms with E-state index in [2.05, 4.69) is 34.5 Å². The fourth-order valence-electron chi connectivity index (χ4n) is 4.49. The van der Waals surface area contributed by atoms with E-state index in [1.165, 1.54) is 5.56 Å². The molecule has 0 radical (unpaired) electrons. The van der Waals surface area contributed by atoms with Crippen molar-refractivity contribution in [3.05, 3.63) is 78.1 Å². The Morgan fingerprint density at radius 1 is 0.929 bits per heavy atom. The van der Waals surface area contributed by atoms with Gasteiger partial charge in [0.15, 0.2) is 0 Å². The van der Waals surface area contributed by atoms with Gasteiger partial charge in [-0.25, -0.2) is 0 Å². The summed E-state index contributed by atoms with van der Waals surface area (Å²) >= 11 is 0. The fraction of sp³-hybridized carbons (Fsp3) is 0.391. The summed E-state index contributed by atoms with van der Waals surface area (Å²) in [4.78, 5) is 2.46. The molecular weight excluding hydrogens is 352 g/mol. The number of nitrogens with one attached hydrogen (secondary N) is 1. The lowest BCUT2D eigenvalue weighted by atomic mass is 9.80. The van der Waals surface area contributed by atoms with Gasteiger partial charge in [-0.1, -0.05) is 18.2 Å². The molecule has 146 valence electrons. The van der Waals surface area contributed by atoms with Crippen LogP contribution in [0.3, 0.4) is 0 Å². The van der Waals surface area contributed by atoms with Gasteiger partial charge < -0.3 is 18.9 Å². The van der Waals surface area contributed by atoms with E-state index in [9.17, 15) is 0 Å². The third-order valence-corrected chi connectivity index (χ3v) is 6.03. The van der Waals surface area contributed by atoms with E-state index in [0.29, 0.717) is 0 Å². The summed E-state index contributed by atoms with van der Waals surface area (Å²) in [5, 5.41) is 3.70. The maximum atomic E-state index is 6.60. The maximum Gasteiger partial charge on any atom is 0.124 e. The molecular formula is C23H26N2O3. The van der Waals surface area contributed by atoms with Gasteiger partial charge in [0.25, 0.3) is 0 Å². The predicted octanol–water partition coefficient (Wildman–Crippen LogP) is 4.52. The molecule has 1 N–H and O–H groups in total. The number of piperidine rings is 1. The van der Waals surface area contributed by atoms with Crippen LogP contribution in [0.4, 0.5) is 0 Å². The second-order valence-electron chi connectivity index (χ2n) is 7.90. The van der Waals surface area contributed by atoms with Gasteiger partial charge in [0.2, 0.25) is 0 Å². The molecule has 28 heavy (non-hydrogen) atoms. The minimum Gasteiger partial charge on any atom is -0.487 e. The standard InChI is InChI=1S/C23H26N2O3/c1-2-8-22-20(7-1)21(24-16-18-5-3-13-26-18)15-23(28-22)9-11-25(12-10-23)17-19-6-4-14-27-19/h1-8,13-14,21,24H,9-12,15-17H2. The Kier molecular flexibility index (Phi) is 4.71. The highest BCUT2D eigenvalue weighted by molar-refractivity contribution is 5.39. The van der Waals surface area contributed by atoms with Crippen LogP contribution in [0.25, 0.3) is 0 Å². The van der Waals surface area contributed by atoms with Crippen molar-refractivity contribution in [1.82, 2.24) is 10.2 Å². The molecule has 0 aliphatic carbocycles. The second kappa shape index (κ2) is 7.49. The summed E-state index contributed by atoms with van der Waals surface area (Å²) in [6.07, 6.45) is 6.52. The molecule has 4 heterocycles. The first-order chi connectivity index (χ1) is 13.8. The lowest BCUT2D eigenvalue weighted by Gasteiger charge is -2.47. The molecule has 0 saturated carbocycles. The number of para-hydroxylation sites is 1. The minimum absolute atomic E-state index is 0.102. The van der Waals surface area contributed by atoms with E-state index in [4.69, 9.17) is 13.6 Å². The third-order valence-electron chi connectivity index (χ3n) is 6.03. The first-order valence-corrected chi connectivity index (χ1v) is 10.1. The highest BCUT2D eigenvalue weighted by Crippen LogP contribution is 2.44. The van der Waals surface area contributed by atoms with Gasteiger partial charge in [0.1, 0.15) is 22.9 Å². The minimum atomic E-state index is -0.102. The third kappa shape index (κ3) is 3.60. The van der Waals surface area contributed by atoms with Gasteiger partial charge in [-0.05, 0) is 43.2 Å². The average molecular weight is 378 g/mol. The molecule has 5 nitrogen and oxygen atoms in total. The highest BCUT2D eigenvalue weighted by atomic mass is 16.5. The number of rotatable bonds is 5. The number of hydrogen-bond acceptors (Lipinski definition) is 5. The lowest BCUT2D eigenvalue weighted by molar-refractivity contribution is -0.0284. The molecule has 1 aromatic carbocycles. The Morgan fingerprint density at radius 3 is 2.43 bits per heavy atom. The number of likely N-dealkylation sites (tertiary alicyclic amines) is 1. The molecule has 0 bridgehead atoms. The maximum absolute atomic E-state index is 6.60. The molecule has 1 atom stereocenters. The van der Waals surface area contributed by atoms with Crippen molar-refractivity contribution in [2.24, 2.45) is 0 Å². The van der Waals surface area contributed by atoms with Crippen LogP contribution < -0.4 is 10.1 Å². The lowest BCUT2D eigenvalue weighted by Crippen LogP contribution is -2.51. The summed E-state index contributed by atoms with van der Waals surface area (Å²) in [5.41, 5.74) is 1.15. The van der Waals surface area contributed by atoms with Crippen molar-refractivity contribution < 1.29 is 13.6 Å². The van der Waals surface area contributed by atoms with Gasteiger partial charge >= 0.3 is 0 Å². The molecule has 2 aliphatic heterocycles. The van der Waals surface area contributed by atoms with Crippen LogP contribution in [-0.4, -0.2) is 23.6 Å². The van der Waals surface area contributed by atoms with Crippen molar-refractivity contribution in [1.29, 1.82) is 0 Å². The van der Waals surface area contributed by atoms with Crippen molar-refractivity contribution >= 4 is 0 Å². The van der Waals surface area contributed by atoms with Crippen LogP contribution in [0.5, 0.6) is 5.75 Å². The molecule has 2 aromatic heterocycles. The molecule has 3 aromatic rings. The van der Waals surface area contributed by atoms with Crippen LogP contribution in [0, 0.1) is 0 Å². The van der Waals surface area contributed by atoms with E-state index in [1.807, 2.05) is 24.3 Å². The van der Waals surface area contributed by atoms with E-state index in [0.717, 1.165) is 62.7 Å². The molecule has 1 saturated heterocycles. The topological polar surface area (TPSA) is 50.8 Å². The zero-order valence-corrected chi connectivity index (χ0v) is 16.0. The fourth-order valence-corrected chi connectivity index (χ4v) is 4.49. The highest BCUT2D eigenvalue weighted by Gasteiger charge is 2.43. The quantitative estimate of drug-likeness (QED) is 0.707. The zero-order chi connectivity index (χ0) is 18.8. The van der Waals surface area contributed by atoms with Crippen LogP contribution >= 0.6 is 0 Å². The predicted molar refractivity (Wildman–Crippen MR) is 106 cm³/mol. The Labute approximate surface area is 165 Å². The number of furan rings is 2. The monoisotopic (exact) mass is 378 g/mol. The van der Waals surface area contributed by atoms with Gasteiger partial charge in [-0.15, -0.1) is 0 Å². The summed E-state index contributed by atoms with van der Waals surface area (Å²) < 4.78 is 17.6. The largest absolute Gasteiger partial charge is 0.487 e. The number of hydrogen-bond donors (Lipinski definition) is 1. The number of fused-ring (bicyclic) bond motifs is 1. The summed E-state index contributed by atoms with van der Waals surface area (Å²) in [5.74, 6) is 3.01. The molecule has 1 fully saturated rings. The Bertz CT molecular complexity index is 880. The molecule has 2 aliphatic rings. The zero-order valence-electron chi connectivity index (χ0n) is 16.0.